The average Bonchev–Trinajstić information content (AvgIpc) is 2.55. The smallest absolute Gasteiger partial charge is 0.159 e. The summed E-state index contributed by atoms with van der Waals surface area (Å²) >= 11 is 11.7. The van der Waals surface area contributed by atoms with Gasteiger partial charge in [0, 0.05) is 16.4 Å². The highest BCUT2D eigenvalue weighted by atomic mass is 35.5. The zero-order valence-electron chi connectivity index (χ0n) is 12.2. The number of halogens is 3. The molecule has 0 amide bonds. The van der Waals surface area contributed by atoms with E-state index in [2.05, 4.69) is 20.6 Å². The molecule has 0 saturated heterocycles. The Morgan fingerprint density at radius 1 is 0.917 bits per heavy atom. The van der Waals surface area contributed by atoms with Crippen LogP contribution in [0.1, 0.15) is 0 Å². The number of hydrogen-bond donors (Lipinski definition) is 3. The highest BCUT2D eigenvalue weighted by Gasteiger charge is 2.10. The molecule has 3 rings (SSSR count). The number of rotatable bonds is 4. The van der Waals surface area contributed by atoms with Gasteiger partial charge in [-0.25, -0.2) is 14.4 Å². The van der Waals surface area contributed by atoms with Gasteiger partial charge in [0.1, 0.15) is 17.8 Å². The maximum Gasteiger partial charge on any atom is 0.159 e. The van der Waals surface area contributed by atoms with Crippen molar-refractivity contribution in [1.29, 1.82) is 0 Å². The van der Waals surface area contributed by atoms with Gasteiger partial charge in [0.15, 0.2) is 11.6 Å². The van der Waals surface area contributed by atoms with E-state index >= 15 is 0 Å². The summed E-state index contributed by atoms with van der Waals surface area (Å²) in [7, 11) is 0. The SMILES string of the molecule is Nc1c(Nc2cccc(Cl)c2)ncnc1Nc1ccc(F)c(Cl)c1. The van der Waals surface area contributed by atoms with Crippen LogP contribution in [0.25, 0.3) is 0 Å². The van der Waals surface area contributed by atoms with Gasteiger partial charge >= 0.3 is 0 Å². The Morgan fingerprint density at radius 3 is 2.21 bits per heavy atom. The van der Waals surface area contributed by atoms with Crippen LogP contribution in [0.5, 0.6) is 0 Å². The number of nitrogens with zero attached hydrogens (tertiary/aromatic N) is 2. The molecule has 0 aliphatic rings. The van der Waals surface area contributed by atoms with E-state index in [1.165, 1.54) is 24.5 Å². The third kappa shape index (κ3) is 3.67. The van der Waals surface area contributed by atoms with Crippen molar-refractivity contribution in [3.05, 3.63) is 64.7 Å². The minimum Gasteiger partial charge on any atom is -0.393 e. The molecule has 0 unspecified atom stereocenters. The number of hydrogen-bond acceptors (Lipinski definition) is 5. The molecule has 3 aromatic rings. The summed E-state index contributed by atoms with van der Waals surface area (Å²) in [6.07, 6.45) is 1.36. The average molecular weight is 364 g/mol. The van der Waals surface area contributed by atoms with E-state index < -0.39 is 5.82 Å². The van der Waals surface area contributed by atoms with Gasteiger partial charge in [-0.15, -0.1) is 0 Å². The molecule has 24 heavy (non-hydrogen) atoms. The Kier molecular flexibility index (Phi) is 4.69. The van der Waals surface area contributed by atoms with Crippen LogP contribution in [0.4, 0.5) is 33.1 Å². The lowest BCUT2D eigenvalue weighted by molar-refractivity contribution is 0.628. The molecule has 2 aromatic carbocycles. The van der Waals surface area contributed by atoms with Crippen molar-refractivity contribution in [3.63, 3.8) is 0 Å². The molecule has 1 aromatic heterocycles. The second-order valence-corrected chi connectivity index (χ2v) is 5.72. The molecule has 0 saturated carbocycles. The van der Waals surface area contributed by atoms with Crippen molar-refractivity contribution < 1.29 is 4.39 Å². The van der Waals surface area contributed by atoms with Gasteiger partial charge in [-0.1, -0.05) is 29.3 Å². The van der Waals surface area contributed by atoms with E-state index in [9.17, 15) is 4.39 Å². The molecule has 5 nitrogen and oxygen atoms in total. The number of nitrogens with one attached hydrogen (secondary N) is 2. The summed E-state index contributed by atoms with van der Waals surface area (Å²) in [5, 5.41) is 6.65. The Morgan fingerprint density at radius 2 is 1.58 bits per heavy atom. The molecule has 4 N–H and O–H groups in total. The predicted molar refractivity (Wildman–Crippen MR) is 95.9 cm³/mol. The fourth-order valence-corrected chi connectivity index (χ4v) is 2.38. The molecular formula is C16H12Cl2FN5. The lowest BCUT2D eigenvalue weighted by Crippen LogP contribution is -2.05. The van der Waals surface area contributed by atoms with Crippen LogP contribution in [0.2, 0.25) is 10.0 Å². The van der Waals surface area contributed by atoms with Crippen molar-refractivity contribution in [2.75, 3.05) is 16.4 Å². The minimum atomic E-state index is -0.499. The predicted octanol–water partition coefficient (Wildman–Crippen LogP) is 4.99. The molecule has 8 heteroatoms. The van der Waals surface area contributed by atoms with Gasteiger partial charge in [-0.2, -0.15) is 0 Å². The molecule has 0 spiro atoms. The Balaban J connectivity index is 1.86. The molecule has 0 aliphatic carbocycles. The van der Waals surface area contributed by atoms with Crippen LogP contribution in [0.3, 0.4) is 0 Å². The molecule has 0 aliphatic heterocycles. The van der Waals surface area contributed by atoms with Gasteiger partial charge in [0.25, 0.3) is 0 Å². The molecule has 122 valence electrons. The summed E-state index contributed by atoms with van der Waals surface area (Å²) < 4.78 is 13.2. The lowest BCUT2D eigenvalue weighted by Gasteiger charge is -2.13. The maximum absolute atomic E-state index is 13.2. The highest BCUT2D eigenvalue weighted by molar-refractivity contribution is 6.31. The standard InChI is InChI=1S/C16H12Cl2FN5/c17-9-2-1-3-10(6-9)23-15-14(20)16(22-8-21-15)24-11-4-5-13(19)12(18)7-11/h1-8H,20H2,(H2,21,22,23,24). The number of nitrogens with two attached hydrogens (primary N) is 1. The first-order valence-corrected chi connectivity index (χ1v) is 7.63. The number of aromatic nitrogens is 2. The second-order valence-electron chi connectivity index (χ2n) is 4.87. The van der Waals surface area contributed by atoms with E-state index in [4.69, 9.17) is 28.9 Å². The fraction of sp³-hybridized carbons (Fsp3) is 0. The van der Waals surface area contributed by atoms with Gasteiger partial charge in [0.05, 0.1) is 5.02 Å². The van der Waals surface area contributed by atoms with E-state index in [0.717, 1.165) is 5.69 Å². The van der Waals surface area contributed by atoms with Gasteiger partial charge in [0.2, 0.25) is 0 Å². The molecule has 0 radical (unpaired) electrons. The van der Waals surface area contributed by atoms with E-state index in [1.54, 1.807) is 12.1 Å². The molecular weight excluding hydrogens is 352 g/mol. The van der Waals surface area contributed by atoms with E-state index in [-0.39, 0.29) is 5.02 Å². The van der Waals surface area contributed by atoms with Gasteiger partial charge in [-0.3, -0.25) is 0 Å². The second kappa shape index (κ2) is 6.90. The molecule has 0 fully saturated rings. The monoisotopic (exact) mass is 363 g/mol. The van der Waals surface area contributed by atoms with Crippen LogP contribution in [0, 0.1) is 5.82 Å². The number of anilines is 5. The number of benzene rings is 2. The topological polar surface area (TPSA) is 75.9 Å². The first-order valence-electron chi connectivity index (χ1n) is 6.88. The maximum atomic E-state index is 13.2. The fourth-order valence-electron chi connectivity index (χ4n) is 2.01. The Hall–Kier alpha value is -2.57. The highest BCUT2D eigenvalue weighted by Crippen LogP contribution is 2.29. The largest absolute Gasteiger partial charge is 0.393 e. The van der Waals surface area contributed by atoms with Gasteiger partial charge < -0.3 is 16.4 Å². The summed E-state index contributed by atoms with van der Waals surface area (Å²) in [6.45, 7) is 0. The van der Waals surface area contributed by atoms with Crippen molar-refractivity contribution in [2.45, 2.75) is 0 Å². The zero-order chi connectivity index (χ0) is 17.1. The molecule has 0 bridgehead atoms. The van der Waals surface area contributed by atoms with Crippen LogP contribution in [-0.2, 0) is 0 Å². The van der Waals surface area contributed by atoms with Gasteiger partial charge in [-0.05, 0) is 36.4 Å². The quantitative estimate of drug-likeness (QED) is 0.608. The van der Waals surface area contributed by atoms with Crippen molar-refractivity contribution in [3.8, 4) is 0 Å². The van der Waals surface area contributed by atoms with Crippen LogP contribution >= 0.6 is 23.2 Å². The van der Waals surface area contributed by atoms with Crippen molar-refractivity contribution in [1.82, 2.24) is 9.97 Å². The van der Waals surface area contributed by atoms with Crippen LogP contribution in [0.15, 0.2) is 48.8 Å². The van der Waals surface area contributed by atoms with E-state index in [0.29, 0.717) is 28.0 Å². The summed E-state index contributed by atoms with van der Waals surface area (Å²) in [6, 6.07) is 11.4. The van der Waals surface area contributed by atoms with Crippen molar-refractivity contribution >= 4 is 51.9 Å². The minimum absolute atomic E-state index is 0.00454. The first-order chi connectivity index (χ1) is 11.5. The normalized spacial score (nSPS) is 10.5. The summed E-state index contributed by atoms with van der Waals surface area (Å²) in [4.78, 5) is 8.22. The molecule has 1 heterocycles. The zero-order valence-corrected chi connectivity index (χ0v) is 13.7. The first kappa shape index (κ1) is 16.3. The Labute approximate surface area is 147 Å². The third-order valence-corrected chi connectivity index (χ3v) is 3.68. The summed E-state index contributed by atoms with van der Waals surface area (Å²) in [5.41, 5.74) is 7.69. The van der Waals surface area contributed by atoms with Crippen LogP contribution < -0.4 is 16.4 Å². The van der Waals surface area contributed by atoms with E-state index in [1.807, 2.05) is 12.1 Å². The molecule has 0 atom stereocenters. The van der Waals surface area contributed by atoms with Crippen molar-refractivity contribution in [2.24, 2.45) is 0 Å². The summed E-state index contributed by atoms with van der Waals surface area (Å²) in [5.74, 6) is 0.293. The number of nitrogen functional groups attached to an aromatic ring is 1. The third-order valence-electron chi connectivity index (χ3n) is 3.15. The Bertz CT molecular complexity index is 888. The lowest BCUT2D eigenvalue weighted by atomic mass is 10.3. The van der Waals surface area contributed by atoms with Crippen LogP contribution in [-0.4, -0.2) is 9.97 Å².